The summed E-state index contributed by atoms with van der Waals surface area (Å²) in [5, 5.41) is 8.19. The van der Waals surface area contributed by atoms with Crippen molar-refractivity contribution in [2.45, 2.75) is 6.42 Å². The molecule has 0 amide bonds. The van der Waals surface area contributed by atoms with Crippen molar-refractivity contribution in [2.75, 3.05) is 0 Å². The van der Waals surface area contributed by atoms with Gasteiger partial charge >= 0.3 is 5.97 Å². The highest BCUT2D eigenvalue weighted by molar-refractivity contribution is 5.73. The molecule has 0 radical (unpaired) electrons. The summed E-state index contributed by atoms with van der Waals surface area (Å²) in [7, 11) is 0. The van der Waals surface area contributed by atoms with Crippen LogP contribution in [0.15, 0.2) is 18.5 Å². The summed E-state index contributed by atoms with van der Waals surface area (Å²) in [6.45, 7) is 3.17. The van der Waals surface area contributed by atoms with E-state index in [1.54, 1.807) is 0 Å². The normalized spacial score (nSPS) is 7.64. The molecule has 5 nitrogen and oxygen atoms in total. The highest BCUT2D eigenvalue weighted by Gasteiger charge is 2.03. The minimum atomic E-state index is -1.14. The summed E-state index contributed by atoms with van der Waals surface area (Å²) in [6, 6.07) is 0. The molecule has 0 aromatic heterocycles. The predicted molar refractivity (Wildman–Crippen MR) is 35.9 cm³/mol. The van der Waals surface area contributed by atoms with E-state index < -0.39 is 12.4 Å². The molecule has 0 fully saturated rings. The van der Waals surface area contributed by atoms with Crippen molar-refractivity contribution in [2.24, 2.45) is 0 Å². The van der Waals surface area contributed by atoms with Crippen LogP contribution >= 0.6 is 0 Å². The molecular weight excluding hydrogens is 150 g/mol. The zero-order valence-electron chi connectivity index (χ0n) is 5.66. The molecule has 11 heavy (non-hydrogen) atoms. The first-order valence-corrected chi connectivity index (χ1v) is 2.69. The fraction of sp³-hybridized carbons (Fsp3) is 0.167. The first-order valence-electron chi connectivity index (χ1n) is 2.69. The summed E-state index contributed by atoms with van der Waals surface area (Å²) < 4.78 is 0. The van der Waals surface area contributed by atoms with E-state index >= 15 is 0 Å². The standard InChI is InChI=1S/C6H7NO4/c1-2-11-7-5(4-8)3-6(9)10/h2,7H,1,3H2,(H,9,10). The number of hydroxylamine groups is 1. The Morgan fingerprint density at radius 1 is 1.82 bits per heavy atom. The van der Waals surface area contributed by atoms with Gasteiger partial charge in [0.1, 0.15) is 17.9 Å². The fourth-order valence-corrected chi connectivity index (χ4v) is 0.357. The first-order chi connectivity index (χ1) is 5.20. The summed E-state index contributed by atoms with van der Waals surface area (Å²) >= 11 is 0. The number of nitrogens with one attached hydrogen (secondary N) is 1. The highest BCUT2D eigenvalue weighted by Crippen LogP contribution is 1.90. The second-order valence-corrected chi connectivity index (χ2v) is 1.54. The maximum atomic E-state index is 10.0. The van der Waals surface area contributed by atoms with Crippen LogP contribution in [0.2, 0.25) is 0 Å². The Morgan fingerprint density at radius 2 is 2.45 bits per heavy atom. The molecule has 0 spiro atoms. The van der Waals surface area contributed by atoms with Crippen molar-refractivity contribution in [3.05, 3.63) is 18.5 Å². The maximum absolute atomic E-state index is 10.0. The Hall–Kier alpha value is -1.74. The lowest BCUT2D eigenvalue weighted by atomic mass is 10.3. The van der Waals surface area contributed by atoms with Gasteiger partial charge in [-0.25, -0.2) is 10.3 Å². The molecule has 2 N–H and O–H groups in total. The molecule has 0 rings (SSSR count). The Morgan fingerprint density at radius 3 is 2.82 bits per heavy atom. The van der Waals surface area contributed by atoms with Crippen molar-refractivity contribution in [3.63, 3.8) is 0 Å². The minimum Gasteiger partial charge on any atom is -0.481 e. The number of carbonyl (C=O) groups excluding carboxylic acids is 1. The van der Waals surface area contributed by atoms with Gasteiger partial charge in [0.05, 0.1) is 6.42 Å². The van der Waals surface area contributed by atoms with Crippen LogP contribution in [-0.4, -0.2) is 17.0 Å². The van der Waals surface area contributed by atoms with Gasteiger partial charge in [-0.2, -0.15) is 0 Å². The number of carboxylic acids is 1. The number of carbonyl (C=O) groups is 1. The van der Waals surface area contributed by atoms with E-state index in [9.17, 15) is 9.59 Å². The third-order valence-corrected chi connectivity index (χ3v) is 0.717. The zero-order valence-corrected chi connectivity index (χ0v) is 5.66. The molecule has 60 valence electrons. The fourth-order valence-electron chi connectivity index (χ4n) is 0.357. The molecule has 0 aromatic carbocycles. The van der Waals surface area contributed by atoms with E-state index in [0.29, 0.717) is 0 Å². The third kappa shape index (κ3) is 4.74. The lowest BCUT2D eigenvalue weighted by Crippen LogP contribution is -2.14. The van der Waals surface area contributed by atoms with Gasteiger partial charge in [-0.3, -0.25) is 4.79 Å². The average Bonchev–Trinajstić information content (AvgIpc) is 1.97. The number of carboxylic acid groups (broad SMARTS) is 1. The molecular formula is C6H7NO4. The summed E-state index contributed by atoms with van der Waals surface area (Å²) in [5.74, 6) is 0.235. The first kappa shape index (κ1) is 9.26. The van der Waals surface area contributed by atoms with Crippen LogP contribution in [0, 0.1) is 0 Å². The molecule has 0 aliphatic heterocycles. The Kier molecular flexibility index (Phi) is 4.27. The second-order valence-electron chi connectivity index (χ2n) is 1.54. The molecule has 0 aliphatic carbocycles. The molecule has 0 saturated heterocycles. The van der Waals surface area contributed by atoms with E-state index in [2.05, 4.69) is 11.4 Å². The van der Waals surface area contributed by atoms with E-state index in [0.717, 1.165) is 6.26 Å². The van der Waals surface area contributed by atoms with Gasteiger partial charge in [-0.05, 0) is 0 Å². The van der Waals surface area contributed by atoms with Crippen LogP contribution in [-0.2, 0) is 14.4 Å². The molecule has 5 heteroatoms. The maximum Gasteiger partial charge on any atom is 0.310 e. The lowest BCUT2D eigenvalue weighted by molar-refractivity contribution is -0.136. The number of aliphatic carboxylic acids is 1. The van der Waals surface area contributed by atoms with Crippen molar-refractivity contribution in [3.8, 4) is 0 Å². The van der Waals surface area contributed by atoms with Crippen molar-refractivity contribution in [1.82, 2.24) is 5.48 Å². The van der Waals surface area contributed by atoms with Gasteiger partial charge < -0.3 is 9.94 Å². The summed E-state index contributed by atoms with van der Waals surface area (Å²) in [5.41, 5.74) is 1.86. The topological polar surface area (TPSA) is 75.6 Å². The monoisotopic (exact) mass is 157 g/mol. The van der Waals surface area contributed by atoms with Crippen LogP contribution in [0.5, 0.6) is 0 Å². The number of hydrogen-bond acceptors (Lipinski definition) is 4. The Labute approximate surface area is 62.9 Å². The van der Waals surface area contributed by atoms with Gasteiger partial charge in [-0.15, -0.1) is 0 Å². The van der Waals surface area contributed by atoms with Crippen molar-refractivity contribution < 1.29 is 19.5 Å². The average molecular weight is 157 g/mol. The molecule has 0 bridgehead atoms. The molecule has 0 saturated carbocycles. The van der Waals surface area contributed by atoms with Gasteiger partial charge in [0.15, 0.2) is 0 Å². The summed E-state index contributed by atoms with van der Waals surface area (Å²) in [6.07, 6.45) is 0.580. The van der Waals surface area contributed by atoms with Crippen LogP contribution in [0.4, 0.5) is 0 Å². The van der Waals surface area contributed by atoms with E-state index in [1.807, 2.05) is 5.48 Å². The molecule has 0 aromatic rings. The Balaban J connectivity index is 3.88. The van der Waals surface area contributed by atoms with Crippen LogP contribution in [0.1, 0.15) is 6.42 Å². The quantitative estimate of drug-likeness (QED) is 0.329. The predicted octanol–water partition coefficient (Wildman–Crippen LogP) is -0.159. The lowest BCUT2D eigenvalue weighted by Gasteiger charge is -2.01. The minimum absolute atomic E-state index is 0.183. The van der Waals surface area contributed by atoms with Crippen LogP contribution < -0.4 is 5.48 Å². The SMILES string of the molecule is C=CONC(=C=O)CC(=O)O. The second kappa shape index (κ2) is 5.08. The van der Waals surface area contributed by atoms with Crippen LogP contribution in [0.25, 0.3) is 0 Å². The van der Waals surface area contributed by atoms with Crippen molar-refractivity contribution in [1.29, 1.82) is 0 Å². The number of hydrogen-bond donors (Lipinski definition) is 2. The largest absolute Gasteiger partial charge is 0.481 e. The van der Waals surface area contributed by atoms with E-state index in [1.165, 1.54) is 5.94 Å². The smallest absolute Gasteiger partial charge is 0.310 e. The Bertz CT molecular complexity index is 205. The van der Waals surface area contributed by atoms with E-state index in [4.69, 9.17) is 5.11 Å². The van der Waals surface area contributed by atoms with Gasteiger partial charge in [0.2, 0.25) is 0 Å². The molecule has 0 heterocycles. The van der Waals surface area contributed by atoms with E-state index in [-0.39, 0.29) is 5.70 Å². The summed E-state index contributed by atoms with van der Waals surface area (Å²) in [4.78, 5) is 24.3. The molecule has 0 unspecified atom stereocenters. The third-order valence-electron chi connectivity index (χ3n) is 0.717. The zero-order chi connectivity index (χ0) is 8.69. The van der Waals surface area contributed by atoms with Crippen LogP contribution in [0.3, 0.4) is 0 Å². The van der Waals surface area contributed by atoms with Gasteiger partial charge in [-0.1, -0.05) is 6.58 Å². The van der Waals surface area contributed by atoms with Gasteiger partial charge in [0, 0.05) is 0 Å². The van der Waals surface area contributed by atoms with Gasteiger partial charge in [0.25, 0.3) is 0 Å². The highest BCUT2D eigenvalue weighted by atomic mass is 16.6. The molecule has 0 aliphatic rings. The van der Waals surface area contributed by atoms with Crippen molar-refractivity contribution >= 4 is 11.9 Å². The molecule has 0 atom stereocenters. The number of rotatable bonds is 5.